The van der Waals surface area contributed by atoms with Crippen LogP contribution in [0.5, 0.6) is 0 Å². The molecule has 0 radical (unpaired) electrons. The SMILES string of the molecule is Cn1nccc1CCNC(=O)Nc1ccnn1C. The van der Waals surface area contributed by atoms with Gasteiger partial charge in [-0.05, 0) is 6.07 Å². The second-order valence-electron chi connectivity index (χ2n) is 3.92. The van der Waals surface area contributed by atoms with E-state index in [-0.39, 0.29) is 6.03 Å². The van der Waals surface area contributed by atoms with Gasteiger partial charge in [-0.2, -0.15) is 10.2 Å². The Labute approximate surface area is 105 Å². The van der Waals surface area contributed by atoms with Gasteiger partial charge in [-0.3, -0.25) is 14.7 Å². The summed E-state index contributed by atoms with van der Waals surface area (Å²) >= 11 is 0. The summed E-state index contributed by atoms with van der Waals surface area (Å²) in [7, 11) is 3.65. The number of anilines is 1. The molecule has 0 aliphatic rings. The van der Waals surface area contributed by atoms with Crippen LogP contribution in [-0.2, 0) is 20.5 Å². The molecule has 96 valence electrons. The van der Waals surface area contributed by atoms with Crippen LogP contribution < -0.4 is 10.6 Å². The number of nitrogens with zero attached hydrogens (tertiary/aromatic N) is 4. The number of nitrogens with one attached hydrogen (secondary N) is 2. The molecule has 0 aliphatic heterocycles. The zero-order chi connectivity index (χ0) is 13.0. The molecule has 2 heterocycles. The Morgan fingerprint density at radius 1 is 1.22 bits per heavy atom. The molecule has 0 atom stereocenters. The van der Waals surface area contributed by atoms with Gasteiger partial charge >= 0.3 is 6.03 Å². The molecule has 0 aromatic carbocycles. The van der Waals surface area contributed by atoms with Crippen LogP contribution in [0.2, 0.25) is 0 Å². The van der Waals surface area contributed by atoms with E-state index in [2.05, 4.69) is 20.8 Å². The van der Waals surface area contributed by atoms with E-state index >= 15 is 0 Å². The van der Waals surface area contributed by atoms with Crippen LogP contribution in [0, 0.1) is 0 Å². The van der Waals surface area contributed by atoms with Crippen molar-refractivity contribution in [3.05, 3.63) is 30.2 Å². The first-order chi connectivity index (χ1) is 8.66. The second-order valence-corrected chi connectivity index (χ2v) is 3.92. The standard InChI is InChI=1S/C11H16N6O/c1-16-9(4-7-13-16)3-6-12-11(18)15-10-5-8-14-17(10)2/h4-5,7-8H,3,6H2,1-2H3,(H2,12,15,18). The van der Waals surface area contributed by atoms with E-state index in [4.69, 9.17) is 0 Å². The molecule has 2 amide bonds. The van der Waals surface area contributed by atoms with Gasteiger partial charge in [-0.15, -0.1) is 0 Å². The predicted octanol–water partition coefficient (Wildman–Crippen LogP) is 0.518. The van der Waals surface area contributed by atoms with Gasteiger partial charge < -0.3 is 5.32 Å². The number of amides is 2. The van der Waals surface area contributed by atoms with Crippen LogP contribution in [0.15, 0.2) is 24.5 Å². The van der Waals surface area contributed by atoms with Gasteiger partial charge in [0, 0.05) is 45.0 Å². The van der Waals surface area contributed by atoms with Crippen LogP contribution in [0.1, 0.15) is 5.69 Å². The van der Waals surface area contributed by atoms with Crippen molar-refractivity contribution in [2.24, 2.45) is 14.1 Å². The normalized spacial score (nSPS) is 10.3. The second kappa shape index (κ2) is 5.35. The fourth-order valence-corrected chi connectivity index (χ4v) is 1.61. The van der Waals surface area contributed by atoms with Crippen molar-refractivity contribution >= 4 is 11.8 Å². The van der Waals surface area contributed by atoms with E-state index in [9.17, 15) is 4.79 Å². The first-order valence-electron chi connectivity index (χ1n) is 5.66. The molecule has 7 heteroatoms. The Hall–Kier alpha value is -2.31. The summed E-state index contributed by atoms with van der Waals surface area (Å²) in [5, 5.41) is 13.5. The Balaban J connectivity index is 1.76. The maximum absolute atomic E-state index is 11.6. The Bertz CT molecular complexity index is 529. The lowest BCUT2D eigenvalue weighted by Crippen LogP contribution is -2.31. The summed E-state index contributed by atoms with van der Waals surface area (Å²) < 4.78 is 3.39. The Morgan fingerprint density at radius 2 is 1.94 bits per heavy atom. The number of rotatable bonds is 4. The minimum atomic E-state index is -0.235. The van der Waals surface area contributed by atoms with Crippen LogP contribution in [0.4, 0.5) is 10.6 Å². The van der Waals surface area contributed by atoms with E-state index in [1.165, 1.54) is 0 Å². The molecule has 2 rings (SSSR count). The number of hydrogen-bond acceptors (Lipinski definition) is 3. The van der Waals surface area contributed by atoms with E-state index in [1.807, 2.05) is 13.1 Å². The van der Waals surface area contributed by atoms with Crippen molar-refractivity contribution in [1.82, 2.24) is 24.9 Å². The van der Waals surface area contributed by atoms with Crippen molar-refractivity contribution in [3.8, 4) is 0 Å². The smallest absolute Gasteiger partial charge is 0.320 e. The maximum Gasteiger partial charge on any atom is 0.320 e. The van der Waals surface area contributed by atoms with Crippen molar-refractivity contribution in [2.75, 3.05) is 11.9 Å². The Kier molecular flexibility index (Phi) is 3.61. The highest BCUT2D eigenvalue weighted by Gasteiger charge is 2.04. The summed E-state index contributed by atoms with van der Waals surface area (Å²) in [6, 6.07) is 3.43. The molecule has 0 bridgehead atoms. The molecule has 2 aromatic rings. The number of aromatic nitrogens is 4. The zero-order valence-electron chi connectivity index (χ0n) is 10.4. The predicted molar refractivity (Wildman–Crippen MR) is 67.1 cm³/mol. The minimum absolute atomic E-state index is 0.235. The van der Waals surface area contributed by atoms with Gasteiger partial charge in [0.25, 0.3) is 0 Å². The largest absolute Gasteiger partial charge is 0.337 e. The van der Waals surface area contributed by atoms with Crippen molar-refractivity contribution < 1.29 is 4.79 Å². The molecule has 2 aromatic heterocycles. The number of carbonyl (C=O) groups excluding carboxylic acids is 1. The number of carbonyl (C=O) groups is 1. The van der Waals surface area contributed by atoms with Gasteiger partial charge in [0.05, 0.1) is 6.20 Å². The number of urea groups is 1. The average molecular weight is 248 g/mol. The van der Waals surface area contributed by atoms with Crippen LogP contribution >= 0.6 is 0 Å². The van der Waals surface area contributed by atoms with Gasteiger partial charge in [0.1, 0.15) is 5.82 Å². The molecule has 0 fully saturated rings. The van der Waals surface area contributed by atoms with Gasteiger partial charge in [-0.25, -0.2) is 4.79 Å². The van der Waals surface area contributed by atoms with E-state index in [1.54, 1.807) is 34.9 Å². The molecule has 0 saturated heterocycles. The van der Waals surface area contributed by atoms with Crippen molar-refractivity contribution in [3.63, 3.8) is 0 Å². The maximum atomic E-state index is 11.6. The molecule has 0 unspecified atom stereocenters. The first-order valence-corrected chi connectivity index (χ1v) is 5.66. The van der Waals surface area contributed by atoms with Crippen molar-refractivity contribution in [2.45, 2.75) is 6.42 Å². The summed E-state index contributed by atoms with van der Waals surface area (Å²) in [5.74, 6) is 0.660. The fourth-order valence-electron chi connectivity index (χ4n) is 1.61. The summed E-state index contributed by atoms with van der Waals surface area (Å²) in [6.45, 7) is 0.559. The number of hydrogen-bond donors (Lipinski definition) is 2. The lowest BCUT2D eigenvalue weighted by atomic mass is 10.3. The van der Waals surface area contributed by atoms with Gasteiger partial charge in [0.15, 0.2) is 0 Å². The quantitative estimate of drug-likeness (QED) is 0.828. The average Bonchev–Trinajstić information content (AvgIpc) is 2.90. The van der Waals surface area contributed by atoms with E-state index < -0.39 is 0 Å². The van der Waals surface area contributed by atoms with Crippen molar-refractivity contribution in [1.29, 1.82) is 0 Å². The third-order valence-corrected chi connectivity index (χ3v) is 2.65. The molecule has 18 heavy (non-hydrogen) atoms. The molecule has 0 spiro atoms. The van der Waals surface area contributed by atoms with Crippen LogP contribution in [-0.4, -0.2) is 32.1 Å². The lowest BCUT2D eigenvalue weighted by molar-refractivity contribution is 0.252. The summed E-state index contributed by atoms with van der Waals surface area (Å²) in [6.07, 6.45) is 4.12. The first kappa shape index (κ1) is 12.2. The van der Waals surface area contributed by atoms with Crippen LogP contribution in [0.3, 0.4) is 0 Å². The number of aryl methyl sites for hydroxylation is 2. The highest BCUT2D eigenvalue weighted by Crippen LogP contribution is 2.02. The molecular formula is C11H16N6O. The van der Waals surface area contributed by atoms with Gasteiger partial charge in [0.2, 0.25) is 0 Å². The van der Waals surface area contributed by atoms with E-state index in [0.717, 1.165) is 12.1 Å². The third kappa shape index (κ3) is 2.88. The topological polar surface area (TPSA) is 76.8 Å². The zero-order valence-corrected chi connectivity index (χ0v) is 10.4. The molecule has 2 N–H and O–H groups in total. The molecule has 0 saturated carbocycles. The van der Waals surface area contributed by atoms with E-state index in [0.29, 0.717) is 12.4 Å². The highest BCUT2D eigenvalue weighted by atomic mass is 16.2. The molecule has 0 aliphatic carbocycles. The highest BCUT2D eigenvalue weighted by molar-refractivity contribution is 5.88. The summed E-state index contributed by atoms with van der Waals surface area (Å²) in [5.41, 5.74) is 1.08. The fraction of sp³-hybridized carbons (Fsp3) is 0.364. The van der Waals surface area contributed by atoms with Crippen LogP contribution in [0.25, 0.3) is 0 Å². The monoisotopic (exact) mass is 248 g/mol. The lowest BCUT2D eigenvalue weighted by Gasteiger charge is -2.07. The molecular weight excluding hydrogens is 232 g/mol. The minimum Gasteiger partial charge on any atom is -0.337 e. The molecule has 7 nitrogen and oxygen atoms in total. The van der Waals surface area contributed by atoms with Gasteiger partial charge in [-0.1, -0.05) is 0 Å². The third-order valence-electron chi connectivity index (χ3n) is 2.65. The Morgan fingerprint density at radius 3 is 2.56 bits per heavy atom. The summed E-state index contributed by atoms with van der Waals surface area (Å²) in [4.78, 5) is 11.6.